The molecular formula is C44H38BF24N. The first-order chi connectivity index (χ1) is 31.5. The van der Waals surface area contributed by atoms with E-state index in [0.29, 0.717) is 0 Å². The summed E-state index contributed by atoms with van der Waals surface area (Å²) < 4.78 is 342. The van der Waals surface area contributed by atoms with Crippen LogP contribution in [0.2, 0.25) is 0 Å². The highest BCUT2D eigenvalue weighted by molar-refractivity contribution is 7.20. The minimum Gasteiger partial charge on any atom is -0.326 e. The Balaban J connectivity index is 0.000000707. The van der Waals surface area contributed by atoms with Crippen LogP contribution in [0, 0.1) is 0 Å². The van der Waals surface area contributed by atoms with Crippen LogP contribution in [-0.4, -0.2) is 37.3 Å². The average Bonchev–Trinajstić information content (AvgIpc) is 3.20. The summed E-state index contributed by atoms with van der Waals surface area (Å²) in [4.78, 5) is 0. The Kier molecular flexibility index (Phi) is 16.5. The number of unbranched alkanes of at least 4 members (excludes halogenated alkanes) is 3. The van der Waals surface area contributed by atoms with E-state index >= 15 is 0 Å². The van der Waals surface area contributed by atoms with Crippen LogP contribution in [0.1, 0.15) is 96.4 Å². The second-order valence-corrected chi connectivity index (χ2v) is 17.1. The number of piperidine rings is 1. The lowest BCUT2D eigenvalue weighted by Gasteiger charge is -2.46. The van der Waals surface area contributed by atoms with Crippen LogP contribution in [0.25, 0.3) is 0 Å². The number of alkyl halides is 24. The average molecular weight is 1050 g/mol. The Morgan fingerprint density at radius 3 is 0.729 bits per heavy atom. The van der Waals surface area contributed by atoms with E-state index < -0.39 is 195 Å². The minimum atomic E-state index is -6.13. The van der Waals surface area contributed by atoms with Crippen molar-refractivity contribution in [3.8, 4) is 0 Å². The monoisotopic (exact) mass is 1050 g/mol. The third-order valence-electron chi connectivity index (χ3n) is 11.9. The summed E-state index contributed by atoms with van der Waals surface area (Å²) in [7, 11) is 2.45. The first-order valence-electron chi connectivity index (χ1n) is 20.7. The lowest BCUT2D eigenvalue weighted by Crippen LogP contribution is -2.75. The number of hydrogen-bond donors (Lipinski definition) is 0. The van der Waals surface area contributed by atoms with Crippen molar-refractivity contribution in [2.45, 2.75) is 101 Å². The minimum absolute atomic E-state index is 0.691. The topological polar surface area (TPSA) is 0 Å². The summed E-state index contributed by atoms with van der Waals surface area (Å²) in [6.07, 6.45) is -44.7. The molecule has 0 amide bonds. The molecule has 26 heteroatoms. The van der Waals surface area contributed by atoms with Crippen molar-refractivity contribution in [1.82, 2.24) is 0 Å². The molecule has 390 valence electrons. The van der Waals surface area contributed by atoms with E-state index in [4.69, 9.17) is 0 Å². The van der Waals surface area contributed by atoms with Crippen molar-refractivity contribution >= 4 is 28.0 Å². The Bertz CT molecular complexity index is 1990. The third-order valence-corrected chi connectivity index (χ3v) is 11.9. The maximum absolute atomic E-state index is 14.2. The van der Waals surface area contributed by atoms with Gasteiger partial charge in [-0.25, -0.2) is 0 Å². The Morgan fingerprint density at radius 2 is 0.543 bits per heavy atom. The van der Waals surface area contributed by atoms with Crippen molar-refractivity contribution in [3.05, 3.63) is 117 Å². The van der Waals surface area contributed by atoms with E-state index in [0.717, 1.165) is 0 Å². The Morgan fingerprint density at radius 1 is 0.329 bits per heavy atom. The van der Waals surface area contributed by atoms with Crippen molar-refractivity contribution in [3.63, 3.8) is 0 Å². The molecule has 70 heavy (non-hydrogen) atoms. The smallest absolute Gasteiger partial charge is 0.326 e. The van der Waals surface area contributed by atoms with Gasteiger partial charge in [0, 0.05) is 0 Å². The Hall–Kier alpha value is -4.78. The van der Waals surface area contributed by atoms with Gasteiger partial charge < -0.3 is 4.48 Å². The third kappa shape index (κ3) is 14.0. The predicted molar refractivity (Wildman–Crippen MR) is 209 cm³/mol. The summed E-state index contributed by atoms with van der Waals surface area (Å²) >= 11 is 0. The number of quaternary nitrogens is 1. The van der Waals surface area contributed by atoms with Gasteiger partial charge in [0.05, 0.1) is 71.2 Å². The van der Waals surface area contributed by atoms with Gasteiger partial charge in [0.1, 0.15) is 6.15 Å². The summed E-state index contributed by atoms with van der Waals surface area (Å²) in [6.45, 7) is 6.59. The molecule has 0 saturated carbocycles. The molecule has 0 radical (unpaired) electrons. The number of likely N-dealkylation sites (tertiary alicyclic amines) is 1. The van der Waals surface area contributed by atoms with Gasteiger partial charge in [-0.2, -0.15) is 127 Å². The highest BCUT2D eigenvalue weighted by Crippen LogP contribution is 2.41. The number of hydrogen-bond acceptors (Lipinski definition) is 0. The van der Waals surface area contributed by atoms with Gasteiger partial charge in [0.25, 0.3) is 0 Å². The highest BCUT2D eigenvalue weighted by atomic mass is 19.4. The van der Waals surface area contributed by atoms with Crippen LogP contribution in [0.3, 0.4) is 0 Å². The molecule has 1 saturated heterocycles. The first-order valence-corrected chi connectivity index (χ1v) is 20.7. The van der Waals surface area contributed by atoms with Crippen molar-refractivity contribution in [2.24, 2.45) is 0 Å². The molecule has 1 heterocycles. The van der Waals surface area contributed by atoms with E-state index in [-0.39, 0.29) is 0 Å². The number of halogens is 24. The fourth-order valence-electron chi connectivity index (χ4n) is 8.49. The van der Waals surface area contributed by atoms with Crippen LogP contribution in [-0.2, 0) is 49.4 Å². The van der Waals surface area contributed by atoms with Crippen LogP contribution >= 0.6 is 0 Å². The first kappa shape index (κ1) is 57.8. The molecule has 1 aliphatic heterocycles. The van der Waals surface area contributed by atoms with Crippen LogP contribution in [0.5, 0.6) is 0 Å². The lowest BCUT2D eigenvalue weighted by molar-refractivity contribution is -0.914. The van der Waals surface area contributed by atoms with E-state index in [1.54, 1.807) is 0 Å². The Labute approximate surface area is 383 Å². The van der Waals surface area contributed by atoms with Crippen LogP contribution in [0.15, 0.2) is 72.8 Å². The molecule has 0 aromatic heterocycles. The molecule has 5 rings (SSSR count). The molecule has 1 nitrogen and oxygen atoms in total. The molecule has 0 unspecified atom stereocenters. The van der Waals surface area contributed by atoms with Gasteiger partial charge in [-0.15, -0.1) is 0 Å². The number of rotatable bonds is 9. The maximum atomic E-state index is 14.2. The van der Waals surface area contributed by atoms with E-state index in [1.807, 2.05) is 0 Å². The van der Waals surface area contributed by atoms with E-state index in [9.17, 15) is 105 Å². The van der Waals surface area contributed by atoms with Crippen LogP contribution < -0.4 is 21.9 Å². The lowest BCUT2D eigenvalue weighted by atomic mass is 9.12. The normalized spacial score (nSPS) is 15.7. The van der Waals surface area contributed by atoms with Gasteiger partial charge in [-0.1, -0.05) is 68.3 Å². The summed E-state index contributed by atoms with van der Waals surface area (Å²) in [5.41, 5.74) is -30.2. The summed E-state index contributed by atoms with van der Waals surface area (Å²) in [6, 6.07) is -8.81. The second kappa shape index (κ2) is 20.0. The molecular weight excluding hydrogens is 1010 g/mol. The molecule has 4 aromatic carbocycles. The van der Waals surface area contributed by atoms with Crippen molar-refractivity contribution < 1.29 is 110 Å². The second-order valence-electron chi connectivity index (χ2n) is 17.1. The molecule has 1 aliphatic rings. The van der Waals surface area contributed by atoms with Crippen molar-refractivity contribution in [2.75, 3.05) is 26.7 Å². The number of benzene rings is 4. The fourth-order valence-corrected chi connectivity index (χ4v) is 8.49. The van der Waals surface area contributed by atoms with Gasteiger partial charge in [0.2, 0.25) is 0 Å². The van der Waals surface area contributed by atoms with Gasteiger partial charge in [0.15, 0.2) is 0 Å². The maximum Gasteiger partial charge on any atom is 0.416 e. The van der Waals surface area contributed by atoms with Gasteiger partial charge in [-0.05, 0) is 56.4 Å². The van der Waals surface area contributed by atoms with Gasteiger partial charge in [-0.3, -0.25) is 0 Å². The SMILES string of the molecule is CCCCCC[N+]1(C)CCCCC1.FC(F)(F)c1cc([B-](c2cc(C(F)(F)F)cc(C(F)(F)F)c2)(c2cc(C(F)(F)F)cc(C(F)(F)F)c2)c2cc(C(F)(F)F)cc(C(F)(F)F)c2)cc(C(F)(F)F)c1. The summed E-state index contributed by atoms with van der Waals surface area (Å²) in [5.74, 6) is 0. The molecule has 1 fully saturated rings. The molecule has 0 atom stereocenters. The standard InChI is InChI=1S/C32H12BF24.C12H26N/c34-25(35,36)13-1-14(26(37,38)39)6-21(5-13)33(22-7-15(27(40,41)42)2-16(8-22)28(43,44)45,23-9-17(29(46,47)48)3-18(10-23)30(49,50)51)24-11-19(31(52,53)54)4-20(12-24)32(55,56)57;1-3-4-5-7-10-13(2)11-8-6-9-12-13/h1-12H;3-12H2,1-2H3/q-1;+1. The quantitative estimate of drug-likeness (QED) is 0.0678. The molecule has 0 N–H and O–H groups in total. The molecule has 0 spiro atoms. The predicted octanol–water partition coefficient (Wildman–Crippen LogP) is 14.4. The summed E-state index contributed by atoms with van der Waals surface area (Å²) in [5, 5.41) is 0. The zero-order valence-electron chi connectivity index (χ0n) is 36.1. The zero-order chi connectivity index (χ0) is 53.5. The van der Waals surface area contributed by atoms with E-state index in [1.165, 1.54) is 69.1 Å². The zero-order valence-corrected chi connectivity index (χ0v) is 36.1. The molecule has 0 aliphatic carbocycles. The molecule has 4 aromatic rings. The number of nitrogens with zero attached hydrogens (tertiary/aromatic N) is 1. The largest absolute Gasteiger partial charge is 0.416 e. The van der Waals surface area contributed by atoms with Crippen LogP contribution in [0.4, 0.5) is 105 Å². The van der Waals surface area contributed by atoms with Gasteiger partial charge >= 0.3 is 49.4 Å². The molecule has 0 bridgehead atoms. The highest BCUT2D eigenvalue weighted by Gasteiger charge is 2.47. The van der Waals surface area contributed by atoms with Crippen molar-refractivity contribution in [1.29, 1.82) is 0 Å². The fraction of sp³-hybridized carbons (Fsp3) is 0.455. The van der Waals surface area contributed by atoms with E-state index in [2.05, 4.69) is 14.0 Å².